The Bertz CT molecular complexity index is 799. The summed E-state index contributed by atoms with van der Waals surface area (Å²) in [6, 6.07) is 13.8. The number of thioether (sulfide) groups is 1. The molecular formula is C20H21F2NO4S. The van der Waals surface area contributed by atoms with Crippen molar-refractivity contribution in [2.75, 3.05) is 11.1 Å². The van der Waals surface area contributed by atoms with Gasteiger partial charge in [-0.1, -0.05) is 42.0 Å². The van der Waals surface area contributed by atoms with Crippen molar-refractivity contribution in [1.82, 2.24) is 0 Å². The number of rotatable bonds is 9. The van der Waals surface area contributed by atoms with Gasteiger partial charge in [0, 0.05) is 5.75 Å². The summed E-state index contributed by atoms with van der Waals surface area (Å²) >= 11 is 1.38. The molecule has 2 aromatic carbocycles. The Hall–Kier alpha value is -2.61. The van der Waals surface area contributed by atoms with Gasteiger partial charge in [-0.15, -0.1) is 11.8 Å². The van der Waals surface area contributed by atoms with E-state index < -0.39 is 24.6 Å². The van der Waals surface area contributed by atoms with E-state index in [-0.39, 0.29) is 17.2 Å². The van der Waals surface area contributed by atoms with Gasteiger partial charge in [-0.25, -0.2) is 0 Å². The number of hydrogen-bond donors (Lipinski definition) is 1. The van der Waals surface area contributed by atoms with E-state index in [0.717, 1.165) is 11.1 Å². The number of amides is 1. The van der Waals surface area contributed by atoms with Gasteiger partial charge >= 0.3 is 12.6 Å². The molecule has 0 unspecified atom stereocenters. The van der Waals surface area contributed by atoms with Gasteiger partial charge in [-0.3, -0.25) is 9.59 Å². The molecule has 0 heterocycles. The van der Waals surface area contributed by atoms with Crippen molar-refractivity contribution in [2.24, 2.45) is 0 Å². The van der Waals surface area contributed by atoms with E-state index in [1.54, 1.807) is 6.07 Å². The molecule has 0 spiro atoms. The predicted octanol–water partition coefficient (Wildman–Crippen LogP) is 4.40. The van der Waals surface area contributed by atoms with Crippen LogP contribution in [0.2, 0.25) is 0 Å². The molecule has 0 aliphatic heterocycles. The third kappa shape index (κ3) is 7.19. The Labute approximate surface area is 166 Å². The highest BCUT2D eigenvalue weighted by Gasteiger charge is 2.20. The maximum absolute atomic E-state index is 12.4. The molecule has 0 saturated carbocycles. The number of hydrogen-bond acceptors (Lipinski definition) is 5. The molecule has 150 valence electrons. The van der Waals surface area contributed by atoms with Crippen LogP contribution in [0.15, 0.2) is 48.5 Å². The minimum absolute atomic E-state index is 0.0736. The number of para-hydroxylation sites is 2. The zero-order valence-electron chi connectivity index (χ0n) is 15.5. The summed E-state index contributed by atoms with van der Waals surface area (Å²) in [5.41, 5.74) is 2.32. The second kappa shape index (κ2) is 10.7. The Morgan fingerprint density at radius 3 is 2.46 bits per heavy atom. The molecule has 0 aliphatic carbocycles. The SMILES string of the molecule is Cc1ccc(CSCC(=O)O[C@H](C)C(=O)Nc2ccccc2OC(F)F)cc1. The zero-order chi connectivity index (χ0) is 20.5. The van der Waals surface area contributed by atoms with E-state index in [2.05, 4.69) is 10.1 Å². The molecule has 1 amide bonds. The van der Waals surface area contributed by atoms with Crippen LogP contribution in [0.3, 0.4) is 0 Å². The van der Waals surface area contributed by atoms with Crippen LogP contribution in [-0.4, -0.2) is 30.3 Å². The molecule has 0 saturated heterocycles. The van der Waals surface area contributed by atoms with Crippen LogP contribution < -0.4 is 10.1 Å². The highest BCUT2D eigenvalue weighted by molar-refractivity contribution is 7.99. The van der Waals surface area contributed by atoms with Crippen molar-refractivity contribution in [3.8, 4) is 5.75 Å². The van der Waals surface area contributed by atoms with Gasteiger partial charge in [0.05, 0.1) is 11.4 Å². The van der Waals surface area contributed by atoms with Crippen molar-refractivity contribution < 1.29 is 27.8 Å². The number of anilines is 1. The molecule has 2 aromatic rings. The topological polar surface area (TPSA) is 64.6 Å². The Morgan fingerprint density at radius 2 is 1.79 bits per heavy atom. The molecule has 0 bridgehead atoms. The number of alkyl halides is 2. The van der Waals surface area contributed by atoms with Gasteiger partial charge < -0.3 is 14.8 Å². The van der Waals surface area contributed by atoms with E-state index in [4.69, 9.17) is 4.74 Å². The Morgan fingerprint density at radius 1 is 1.11 bits per heavy atom. The maximum atomic E-state index is 12.4. The van der Waals surface area contributed by atoms with Gasteiger partial charge in [0.15, 0.2) is 6.10 Å². The molecule has 0 aliphatic rings. The molecule has 0 aromatic heterocycles. The third-order valence-corrected chi connectivity index (χ3v) is 4.62. The average Bonchev–Trinajstić information content (AvgIpc) is 2.64. The van der Waals surface area contributed by atoms with Gasteiger partial charge in [0.25, 0.3) is 5.91 Å². The summed E-state index contributed by atoms with van der Waals surface area (Å²) in [6.45, 7) is 0.395. The third-order valence-electron chi connectivity index (χ3n) is 3.65. The summed E-state index contributed by atoms with van der Waals surface area (Å²) < 4.78 is 34.3. The normalized spacial score (nSPS) is 11.8. The van der Waals surface area contributed by atoms with E-state index in [0.29, 0.717) is 5.75 Å². The van der Waals surface area contributed by atoms with Crippen LogP contribution in [-0.2, 0) is 20.1 Å². The monoisotopic (exact) mass is 409 g/mol. The lowest BCUT2D eigenvalue weighted by Gasteiger charge is -2.15. The molecule has 28 heavy (non-hydrogen) atoms. The van der Waals surface area contributed by atoms with Crippen molar-refractivity contribution in [3.05, 3.63) is 59.7 Å². The lowest BCUT2D eigenvalue weighted by atomic mass is 10.2. The number of nitrogens with one attached hydrogen (secondary N) is 1. The molecule has 1 atom stereocenters. The smallest absolute Gasteiger partial charge is 0.387 e. The van der Waals surface area contributed by atoms with Crippen LogP contribution in [0.4, 0.5) is 14.5 Å². The van der Waals surface area contributed by atoms with Crippen LogP contribution in [0, 0.1) is 6.92 Å². The first-order chi connectivity index (χ1) is 13.3. The fraction of sp³-hybridized carbons (Fsp3) is 0.300. The highest BCUT2D eigenvalue weighted by Crippen LogP contribution is 2.25. The lowest BCUT2D eigenvalue weighted by Crippen LogP contribution is -2.30. The minimum Gasteiger partial charge on any atom is -0.452 e. The Balaban J connectivity index is 1.80. The number of ether oxygens (including phenoxy) is 2. The lowest BCUT2D eigenvalue weighted by molar-refractivity contribution is -0.150. The number of esters is 1. The quantitative estimate of drug-likeness (QED) is 0.622. The highest BCUT2D eigenvalue weighted by atomic mass is 32.2. The van der Waals surface area contributed by atoms with Crippen LogP contribution in [0.5, 0.6) is 5.75 Å². The summed E-state index contributed by atoms with van der Waals surface area (Å²) in [5.74, 6) is -0.595. The fourth-order valence-electron chi connectivity index (χ4n) is 2.22. The first kappa shape index (κ1) is 21.7. The van der Waals surface area contributed by atoms with Gasteiger partial charge in [0.1, 0.15) is 5.75 Å². The summed E-state index contributed by atoms with van der Waals surface area (Å²) in [5, 5.41) is 2.43. The van der Waals surface area contributed by atoms with Crippen LogP contribution in [0.25, 0.3) is 0 Å². The Kier molecular flexibility index (Phi) is 8.25. The minimum atomic E-state index is -3.01. The number of aryl methyl sites for hydroxylation is 1. The largest absolute Gasteiger partial charge is 0.452 e. The fourth-order valence-corrected chi connectivity index (χ4v) is 2.99. The summed E-state index contributed by atoms with van der Waals surface area (Å²) in [4.78, 5) is 24.1. The molecule has 0 fully saturated rings. The molecule has 8 heteroatoms. The molecule has 1 N–H and O–H groups in total. The summed E-state index contributed by atoms with van der Waals surface area (Å²) in [6.07, 6.45) is -1.08. The summed E-state index contributed by atoms with van der Waals surface area (Å²) in [7, 11) is 0. The van der Waals surface area contributed by atoms with E-state index >= 15 is 0 Å². The van der Waals surface area contributed by atoms with Crippen molar-refractivity contribution >= 4 is 29.3 Å². The first-order valence-corrected chi connectivity index (χ1v) is 9.68. The van der Waals surface area contributed by atoms with E-state index in [1.807, 2.05) is 31.2 Å². The van der Waals surface area contributed by atoms with Gasteiger partial charge in [0.2, 0.25) is 0 Å². The molecular weight excluding hydrogens is 388 g/mol. The molecule has 5 nitrogen and oxygen atoms in total. The van der Waals surface area contributed by atoms with Crippen molar-refractivity contribution in [1.29, 1.82) is 0 Å². The first-order valence-electron chi connectivity index (χ1n) is 8.52. The van der Waals surface area contributed by atoms with Gasteiger partial charge in [-0.05, 0) is 31.5 Å². The van der Waals surface area contributed by atoms with Gasteiger partial charge in [-0.2, -0.15) is 8.78 Å². The number of halogens is 2. The van der Waals surface area contributed by atoms with E-state index in [9.17, 15) is 18.4 Å². The second-order valence-corrected chi connectivity index (χ2v) is 6.96. The zero-order valence-corrected chi connectivity index (χ0v) is 16.3. The van der Waals surface area contributed by atoms with Crippen LogP contribution >= 0.6 is 11.8 Å². The predicted molar refractivity (Wildman–Crippen MR) is 105 cm³/mol. The molecule has 2 rings (SSSR count). The average molecular weight is 409 g/mol. The number of benzene rings is 2. The molecule has 0 radical (unpaired) electrons. The standard InChI is InChI=1S/C20H21F2NO4S/c1-13-7-9-15(10-8-13)11-28-12-18(24)26-14(2)19(25)23-16-5-3-4-6-17(16)27-20(21)22/h3-10,14,20H,11-12H2,1-2H3,(H,23,25)/t14-/m1/s1. The van der Waals surface area contributed by atoms with Crippen molar-refractivity contribution in [2.45, 2.75) is 32.3 Å². The van der Waals surface area contributed by atoms with Crippen molar-refractivity contribution in [3.63, 3.8) is 0 Å². The number of carbonyl (C=O) groups excluding carboxylic acids is 2. The van der Waals surface area contributed by atoms with Crippen LogP contribution in [0.1, 0.15) is 18.1 Å². The number of carbonyl (C=O) groups is 2. The maximum Gasteiger partial charge on any atom is 0.387 e. The van der Waals surface area contributed by atoms with E-state index in [1.165, 1.54) is 36.9 Å². The second-order valence-electron chi connectivity index (χ2n) is 5.97.